The minimum atomic E-state index is -0.853. The molecule has 0 saturated carbocycles. The molecule has 0 aliphatic heterocycles. The molecule has 2 N–H and O–H groups in total. The summed E-state index contributed by atoms with van der Waals surface area (Å²) < 4.78 is 0. The molecule has 0 radical (unpaired) electrons. The number of aromatic nitrogens is 1. The third-order valence-corrected chi connectivity index (χ3v) is 2.56. The third kappa shape index (κ3) is 3.62. The van der Waals surface area contributed by atoms with Crippen LogP contribution in [0.15, 0.2) is 18.3 Å². The molecular formula is C12H18N2O2. The van der Waals surface area contributed by atoms with Gasteiger partial charge in [0.1, 0.15) is 0 Å². The van der Waals surface area contributed by atoms with Crippen molar-refractivity contribution in [2.45, 2.75) is 32.8 Å². The number of carbonyl (C=O) groups excluding carboxylic acids is 1. The average molecular weight is 222 g/mol. The van der Waals surface area contributed by atoms with Gasteiger partial charge in [-0.25, -0.2) is 0 Å². The molecule has 88 valence electrons. The van der Waals surface area contributed by atoms with Gasteiger partial charge in [0.25, 0.3) is 5.91 Å². The first-order valence-electron chi connectivity index (χ1n) is 5.38. The van der Waals surface area contributed by atoms with Crippen LogP contribution in [0.4, 0.5) is 0 Å². The van der Waals surface area contributed by atoms with Crippen LogP contribution in [0.1, 0.15) is 36.3 Å². The maximum Gasteiger partial charge on any atom is 0.252 e. The molecule has 4 heteroatoms. The molecule has 1 aromatic rings. The first kappa shape index (κ1) is 12.6. The van der Waals surface area contributed by atoms with Gasteiger partial charge in [0, 0.05) is 18.4 Å². The number of nitrogens with zero attached hydrogens (tertiary/aromatic N) is 1. The maximum atomic E-state index is 11.7. The van der Waals surface area contributed by atoms with Crippen molar-refractivity contribution in [2.75, 3.05) is 6.54 Å². The Morgan fingerprint density at radius 3 is 2.75 bits per heavy atom. The minimum Gasteiger partial charge on any atom is -0.388 e. The van der Waals surface area contributed by atoms with Gasteiger partial charge in [0.2, 0.25) is 0 Å². The number of nitrogens with one attached hydrogen (secondary N) is 1. The van der Waals surface area contributed by atoms with Crippen molar-refractivity contribution in [3.8, 4) is 0 Å². The number of aliphatic hydroxyl groups is 1. The molecule has 0 saturated heterocycles. The van der Waals surface area contributed by atoms with Gasteiger partial charge < -0.3 is 10.4 Å². The quantitative estimate of drug-likeness (QED) is 0.806. The number of hydrogen-bond acceptors (Lipinski definition) is 3. The SMILES string of the molecule is CCC(C)(O)CNC(=O)c1ccc(C)nc1. The van der Waals surface area contributed by atoms with Gasteiger partial charge in [0.05, 0.1) is 11.2 Å². The summed E-state index contributed by atoms with van der Waals surface area (Å²) >= 11 is 0. The average Bonchev–Trinajstić information content (AvgIpc) is 2.27. The molecule has 1 rings (SSSR count). The summed E-state index contributed by atoms with van der Waals surface area (Å²) in [5, 5.41) is 12.4. The van der Waals surface area contributed by atoms with Crippen LogP contribution in [0.5, 0.6) is 0 Å². The van der Waals surface area contributed by atoms with Gasteiger partial charge in [-0.2, -0.15) is 0 Å². The lowest BCUT2D eigenvalue weighted by Crippen LogP contribution is -2.40. The highest BCUT2D eigenvalue weighted by atomic mass is 16.3. The second-order valence-corrected chi connectivity index (χ2v) is 4.22. The third-order valence-electron chi connectivity index (χ3n) is 2.56. The van der Waals surface area contributed by atoms with Gasteiger partial charge in [-0.1, -0.05) is 6.92 Å². The molecule has 0 bridgehead atoms. The van der Waals surface area contributed by atoms with Crippen molar-refractivity contribution < 1.29 is 9.90 Å². The summed E-state index contributed by atoms with van der Waals surface area (Å²) in [6.07, 6.45) is 2.13. The van der Waals surface area contributed by atoms with Crippen molar-refractivity contribution in [2.24, 2.45) is 0 Å². The van der Waals surface area contributed by atoms with Gasteiger partial charge >= 0.3 is 0 Å². The van der Waals surface area contributed by atoms with Crippen molar-refractivity contribution in [3.63, 3.8) is 0 Å². The fourth-order valence-electron chi connectivity index (χ4n) is 1.10. The molecule has 0 spiro atoms. The standard InChI is InChI=1S/C12H18N2O2/c1-4-12(3,16)8-14-11(15)10-6-5-9(2)13-7-10/h5-7,16H,4,8H2,1-3H3,(H,14,15). The van der Waals surface area contributed by atoms with E-state index >= 15 is 0 Å². The van der Waals surface area contributed by atoms with E-state index in [1.54, 1.807) is 19.1 Å². The van der Waals surface area contributed by atoms with E-state index in [0.29, 0.717) is 12.0 Å². The van der Waals surface area contributed by atoms with Gasteiger partial charge in [-0.3, -0.25) is 9.78 Å². The zero-order chi connectivity index (χ0) is 12.2. The van der Waals surface area contributed by atoms with Crippen LogP contribution in [0.2, 0.25) is 0 Å². The Bertz CT molecular complexity index is 358. The van der Waals surface area contributed by atoms with Crippen LogP contribution >= 0.6 is 0 Å². The monoisotopic (exact) mass is 222 g/mol. The predicted molar refractivity (Wildman–Crippen MR) is 62.2 cm³/mol. The molecule has 1 unspecified atom stereocenters. The summed E-state index contributed by atoms with van der Waals surface area (Å²) in [6, 6.07) is 3.51. The Hall–Kier alpha value is -1.42. The second-order valence-electron chi connectivity index (χ2n) is 4.22. The number of aryl methyl sites for hydroxylation is 1. The molecule has 1 heterocycles. The van der Waals surface area contributed by atoms with Crippen LogP contribution in [0.3, 0.4) is 0 Å². The van der Waals surface area contributed by atoms with Crippen molar-refractivity contribution in [1.29, 1.82) is 0 Å². The molecular weight excluding hydrogens is 204 g/mol. The normalized spacial score (nSPS) is 14.2. The summed E-state index contributed by atoms with van der Waals surface area (Å²) in [4.78, 5) is 15.7. The fourth-order valence-corrected chi connectivity index (χ4v) is 1.10. The van der Waals surface area contributed by atoms with Crippen LogP contribution in [-0.2, 0) is 0 Å². The zero-order valence-electron chi connectivity index (χ0n) is 9.95. The minimum absolute atomic E-state index is 0.207. The Labute approximate surface area is 95.7 Å². The predicted octanol–water partition coefficient (Wildman–Crippen LogP) is 1.28. The lowest BCUT2D eigenvalue weighted by atomic mass is 10.0. The first-order valence-corrected chi connectivity index (χ1v) is 5.38. The summed E-state index contributed by atoms with van der Waals surface area (Å²) in [6.45, 7) is 5.68. The zero-order valence-corrected chi connectivity index (χ0v) is 9.95. The smallest absolute Gasteiger partial charge is 0.252 e. The number of hydrogen-bond donors (Lipinski definition) is 2. The van der Waals surface area contributed by atoms with E-state index in [1.807, 2.05) is 13.8 Å². The van der Waals surface area contributed by atoms with E-state index < -0.39 is 5.60 Å². The van der Waals surface area contributed by atoms with Crippen LogP contribution < -0.4 is 5.32 Å². The summed E-state index contributed by atoms with van der Waals surface area (Å²) in [5.41, 5.74) is 0.531. The highest BCUT2D eigenvalue weighted by molar-refractivity contribution is 5.93. The number of rotatable bonds is 4. The Morgan fingerprint density at radius 1 is 1.56 bits per heavy atom. The molecule has 1 atom stereocenters. The second kappa shape index (κ2) is 5.07. The Morgan fingerprint density at radius 2 is 2.25 bits per heavy atom. The highest BCUT2D eigenvalue weighted by Crippen LogP contribution is 2.06. The molecule has 0 aliphatic rings. The largest absolute Gasteiger partial charge is 0.388 e. The van der Waals surface area contributed by atoms with E-state index in [0.717, 1.165) is 5.69 Å². The molecule has 4 nitrogen and oxygen atoms in total. The summed E-state index contributed by atoms with van der Waals surface area (Å²) in [7, 11) is 0. The molecule has 1 amide bonds. The Kier molecular flexibility index (Phi) is 4.01. The number of carbonyl (C=O) groups is 1. The van der Waals surface area contributed by atoms with E-state index in [1.165, 1.54) is 6.20 Å². The molecule has 0 aliphatic carbocycles. The van der Waals surface area contributed by atoms with Crippen molar-refractivity contribution in [1.82, 2.24) is 10.3 Å². The van der Waals surface area contributed by atoms with Gasteiger partial charge in [-0.15, -0.1) is 0 Å². The molecule has 0 fully saturated rings. The molecule has 1 aromatic heterocycles. The lowest BCUT2D eigenvalue weighted by molar-refractivity contribution is 0.0518. The maximum absolute atomic E-state index is 11.7. The van der Waals surface area contributed by atoms with E-state index in [9.17, 15) is 9.90 Å². The lowest BCUT2D eigenvalue weighted by Gasteiger charge is -2.21. The molecule has 16 heavy (non-hydrogen) atoms. The van der Waals surface area contributed by atoms with Crippen LogP contribution in [-0.4, -0.2) is 28.1 Å². The van der Waals surface area contributed by atoms with E-state index in [2.05, 4.69) is 10.3 Å². The fraction of sp³-hybridized carbons (Fsp3) is 0.500. The topological polar surface area (TPSA) is 62.2 Å². The van der Waals surface area contributed by atoms with Crippen molar-refractivity contribution >= 4 is 5.91 Å². The molecule has 0 aromatic carbocycles. The van der Waals surface area contributed by atoms with Gasteiger partial charge in [0.15, 0.2) is 0 Å². The van der Waals surface area contributed by atoms with Crippen LogP contribution in [0, 0.1) is 6.92 Å². The number of pyridine rings is 1. The van der Waals surface area contributed by atoms with Crippen molar-refractivity contribution in [3.05, 3.63) is 29.6 Å². The first-order chi connectivity index (χ1) is 7.44. The van der Waals surface area contributed by atoms with Gasteiger partial charge in [-0.05, 0) is 32.4 Å². The summed E-state index contributed by atoms with van der Waals surface area (Å²) in [5.74, 6) is -0.207. The number of amides is 1. The van der Waals surface area contributed by atoms with E-state index in [-0.39, 0.29) is 12.5 Å². The van der Waals surface area contributed by atoms with Crippen LogP contribution in [0.25, 0.3) is 0 Å². The highest BCUT2D eigenvalue weighted by Gasteiger charge is 2.18. The van der Waals surface area contributed by atoms with E-state index in [4.69, 9.17) is 0 Å². The Balaban J connectivity index is 2.56.